The average molecular weight is 514 g/mol. The smallest absolute Gasteiger partial charge is 0.364 e. The number of carboxylic acids is 1. The summed E-state index contributed by atoms with van der Waals surface area (Å²) < 4.78 is 21.4. The van der Waals surface area contributed by atoms with E-state index in [1.807, 2.05) is 0 Å². The van der Waals surface area contributed by atoms with E-state index >= 15 is 0 Å². The Kier molecular flexibility index (Phi) is 10.7. The Morgan fingerprint density at radius 3 is 2.37 bits per heavy atom. The lowest BCUT2D eigenvalue weighted by Crippen LogP contribution is -2.68. The fourth-order valence-electron chi connectivity index (χ4n) is 3.87. The van der Waals surface area contributed by atoms with Crippen molar-refractivity contribution in [3.05, 3.63) is 0 Å². The first kappa shape index (κ1) is 29.7. The summed E-state index contributed by atoms with van der Waals surface area (Å²) in [5, 5.41) is 82.6. The van der Waals surface area contributed by atoms with E-state index in [2.05, 4.69) is 5.32 Å². The molecular weight excluding hydrogens is 480 g/mol. The first-order valence-electron chi connectivity index (χ1n) is 10.9. The van der Waals surface area contributed by atoms with E-state index in [1.165, 1.54) is 0 Å². The molecule has 9 unspecified atom stereocenters. The van der Waals surface area contributed by atoms with Crippen molar-refractivity contribution in [2.45, 2.75) is 80.3 Å². The van der Waals surface area contributed by atoms with E-state index in [9.17, 15) is 50.4 Å². The van der Waals surface area contributed by atoms with Gasteiger partial charge in [0.15, 0.2) is 6.29 Å². The van der Waals surface area contributed by atoms with Crippen molar-refractivity contribution in [1.29, 1.82) is 0 Å². The van der Waals surface area contributed by atoms with Crippen LogP contribution in [0.4, 0.5) is 0 Å². The molecule has 0 spiro atoms. The molecule has 2 fully saturated rings. The van der Waals surface area contributed by atoms with Gasteiger partial charge in [0.2, 0.25) is 5.91 Å². The van der Waals surface area contributed by atoms with Crippen LogP contribution in [0.15, 0.2) is 0 Å². The van der Waals surface area contributed by atoms with E-state index < -0.39 is 98.5 Å². The number of ether oxygens (including phenoxy) is 4. The molecule has 11 N–H and O–H groups in total. The van der Waals surface area contributed by atoms with Crippen molar-refractivity contribution in [2.75, 3.05) is 26.4 Å². The van der Waals surface area contributed by atoms with E-state index in [-0.39, 0.29) is 13.2 Å². The Morgan fingerprint density at radius 1 is 1.17 bits per heavy atom. The topological polar surface area (TPSA) is 271 Å². The summed E-state index contributed by atoms with van der Waals surface area (Å²) in [6.45, 7) is -0.623. The third-order valence-electron chi connectivity index (χ3n) is 5.74. The molecule has 11 atom stereocenters. The number of nitrogens with one attached hydrogen (secondary N) is 1. The maximum atomic E-state index is 12.2. The highest BCUT2D eigenvalue weighted by atomic mass is 16.7. The zero-order chi connectivity index (χ0) is 26.5. The van der Waals surface area contributed by atoms with Gasteiger partial charge < -0.3 is 70.9 Å². The summed E-state index contributed by atoms with van der Waals surface area (Å²) in [6.07, 6.45) is -16.0. The van der Waals surface area contributed by atoms with Crippen LogP contribution >= 0.6 is 0 Å². The van der Waals surface area contributed by atoms with Crippen LogP contribution in [-0.2, 0) is 28.5 Å². The number of carbonyl (C=O) groups excluding carboxylic acids is 1. The fraction of sp³-hybridized carbons (Fsp3) is 0.895. The minimum absolute atomic E-state index is 0.0547. The number of aliphatic hydroxyl groups is 7. The van der Waals surface area contributed by atoms with Crippen molar-refractivity contribution in [1.82, 2.24) is 5.32 Å². The van der Waals surface area contributed by atoms with Gasteiger partial charge in [-0.3, -0.25) is 4.79 Å². The van der Waals surface area contributed by atoms with Gasteiger partial charge in [0, 0.05) is 19.9 Å². The second-order valence-electron chi connectivity index (χ2n) is 8.36. The van der Waals surface area contributed by atoms with E-state index in [4.69, 9.17) is 24.7 Å². The molecule has 16 nitrogen and oxygen atoms in total. The fourth-order valence-corrected chi connectivity index (χ4v) is 3.87. The lowest BCUT2D eigenvalue weighted by atomic mass is 9.88. The maximum absolute atomic E-state index is 12.2. The van der Waals surface area contributed by atoms with Crippen LogP contribution in [-0.4, -0.2) is 146 Å². The molecule has 2 aliphatic heterocycles. The lowest BCUT2D eigenvalue weighted by Gasteiger charge is -2.47. The van der Waals surface area contributed by atoms with Gasteiger partial charge in [-0.2, -0.15) is 0 Å². The molecule has 0 aliphatic carbocycles. The second kappa shape index (κ2) is 12.6. The van der Waals surface area contributed by atoms with E-state index in [0.29, 0.717) is 0 Å². The summed E-state index contributed by atoms with van der Waals surface area (Å²) in [7, 11) is 0. The first-order chi connectivity index (χ1) is 16.4. The highest BCUT2D eigenvalue weighted by Gasteiger charge is 2.56. The highest BCUT2D eigenvalue weighted by Crippen LogP contribution is 2.34. The van der Waals surface area contributed by atoms with Crippen LogP contribution in [0.1, 0.15) is 13.3 Å². The van der Waals surface area contributed by atoms with E-state index in [1.54, 1.807) is 0 Å². The Hall–Kier alpha value is -1.54. The van der Waals surface area contributed by atoms with Crippen LogP contribution in [0.3, 0.4) is 0 Å². The Labute approximate surface area is 199 Å². The summed E-state index contributed by atoms with van der Waals surface area (Å²) >= 11 is 0. The molecule has 2 heterocycles. The molecule has 0 radical (unpaired) electrons. The number of carbonyl (C=O) groups is 2. The molecule has 0 saturated carbocycles. The average Bonchev–Trinajstić information content (AvgIpc) is 2.81. The molecule has 2 rings (SSSR count). The second-order valence-corrected chi connectivity index (χ2v) is 8.36. The molecule has 2 aliphatic rings. The molecule has 0 aromatic carbocycles. The third kappa shape index (κ3) is 6.82. The van der Waals surface area contributed by atoms with Crippen molar-refractivity contribution in [2.24, 2.45) is 5.73 Å². The van der Waals surface area contributed by atoms with Gasteiger partial charge in [-0.05, 0) is 0 Å². The Balaban J connectivity index is 2.26. The Morgan fingerprint density at radius 2 is 1.83 bits per heavy atom. The number of hydrogen-bond acceptors (Lipinski definition) is 14. The lowest BCUT2D eigenvalue weighted by molar-refractivity contribution is -0.338. The van der Waals surface area contributed by atoms with Crippen molar-refractivity contribution >= 4 is 11.9 Å². The number of aliphatic hydroxyl groups excluding tert-OH is 7. The summed E-state index contributed by atoms with van der Waals surface area (Å²) in [5.74, 6) is -5.10. The highest BCUT2D eigenvalue weighted by molar-refractivity contribution is 5.76. The number of nitrogens with two attached hydrogens (primary N) is 1. The minimum atomic E-state index is -2.67. The standard InChI is InChI=1S/C19H34N2O14/c1-7(23)21-11-8(24)4-19(18(30)31,35-16(11)12(26)9(25)5-22)33-6-10-13(27)14(28)15(29)17(34-10)32-3-2-20/h8-17,22,24-29H,2-6,20H2,1H3,(H,21,23)(H,30,31)/t8?,9-,10?,11?,12-,13?,14?,15?,16?,17?,19?/m0/s1. The number of carboxylic acid groups (broad SMARTS) is 1. The molecule has 35 heavy (non-hydrogen) atoms. The minimum Gasteiger partial charge on any atom is -0.477 e. The third-order valence-corrected chi connectivity index (χ3v) is 5.74. The molecule has 0 bridgehead atoms. The van der Waals surface area contributed by atoms with Crippen LogP contribution in [0.25, 0.3) is 0 Å². The van der Waals surface area contributed by atoms with Gasteiger partial charge in [0.25, 0.3) is 5.79 Å². The van der Waals surface area contributed by atoms with Crippen molar-refractivity contribution in [3.63, 3.8) is 0 Å². The monoisotopic (exact) mass is 514 g/mol. The van der Waals surface area contributed by atoms with Gasteiger partial charge in [-0.25, -0.2) is 4.79 Å². The quantitative estimate of drug-likeness (QED) is 0.123. The first-order valence-corrected chi connectivity index (χ1v) is 10.9. The molecule has 0 aromatic heterocycles. The molecule has 1 amide bonds. The number of aliphatic carboxylic acids is 1. The van der Waals surface area contributed by atoms with Crippen LogP contribution < -0.4 is 11.1 Å². The number of rotatable bonds is 11. The zero-order valence-electron chi connectivity index (χ0n) is 18.9. The zero-order valence-corrected chi connectivity index (χ0v) is 18.9. The summed E-state index contributed by atoms with van der Waals surface area (Å²) in [5.41, 5.74) is 5.33. The van der Waals surface area contributed by atoms with Gasteiger partial charge >= 0.3 is 5.97 Å². The van der Waals surface area contributed by atoms with Crippen LogP contribution in [0, 0.1) is 0 Å². The van der Waals surface area contributed by atoms with Gasteiger partial charge in [0.05, 0.1) is 32.0 Å². The van der Waals surface area contributed by atoms with Crippen molar-refractivity contribution < 1.29 is 69.4 Å². The molecule has 16 heteroatoms. The summed E-state index contributed by atoms with van der Waals surface area (Å²) in [6, 6.07) is -1.39. The van der Waals surface area contributed by atoms with E-state index in [0.717, 1.165) is 6.92 Å². The summed E-state index contributed by atoms with van der Waals surface area (Å²) in [4.78, 5) is 23.7. The predicted octanol–water partition coefficient (Wildman–Crippen LogP) is -6.06. The normalized spacial score (nSPS) is 39.6. The molecule has 204 valence electrons. The number of amides is 1. The number of hydrogen-bond donors (Lipinski definition) is 10. The van der Waals surface area contributed by atoms with Crippen molar-refractivity contribution in [3.8, 4) is 0 Å². The van der Waals surface area contributed by atoms with Gasteiger partial charge in [-0.1, -0.05) is 0 Å². The van der Waals surface area contributed by atoms with Crippen LogP contribution in [0.5, 0.6) is 0 Å². The maximum Gasteiger partial charge on any atom is 0.364 e. The Bertz CT molecular complexity index is 715. The van der Waals surface area contributed by atoms with Gasteiger partial charge in [0.1, 0.15) is 42.7 Å². The molecular formula is C19H34N2O14. The van der Waals surface area contributed by atoms with Crippen LogP contribution in [0.2, 0.25) is 0 Å². The largest absolute Gasteiger partial charge is 0.477 e. The molecule has 2 saturated heterocycles. The predicted molar refractivity (Wildman–Crippen MR) is 110 cm³/mol. The SMILES string of the molecule is CC(=O)NC1C(O)CC(OCC2OC(OCCN)C(O)C(O)C2O)(C(=O)O)OC1[C@@H](O)[C@@H](O)CO. The van der Waals surface area contributed by atoms with Gasteiger partial charge in [-0.15, -0.1) is 0 Å². The molecule has 0 aromatic rings.